The number of benzene rings is 9. The number of hydrogen-bond donors (Lipinski definition) is 0. The Balaban J connectivity index is 1.40. The highest BCUT2D eigenvalue weighted by Gasteiger charge is 2.22. The van der Waals surface area contributed by atoms with Gasteiger partial charge in [0.25, 0.3) is 0 Å². The fraction of sp³-hybridized carbons (Fsp3) is 0. The van der Waals surface area contributed by atoms with Crippen LogP contribution in [0.25, 0.3) is 103 Å². The second kappa shape index (κ2) is 11.1. The van der Waals surface area contributed by atoms with Crippen LogP contribution in [0, 0.1) is 6.57 Å². The molecule has 0 aliphatic carbocycles. The third kappa shape index (κ3) is 4.18. The van der Waals surface area contributed by atoms with Crippen molar-refractivity contribution in [1.82, 2.24) is 4.98 Å². The average molecular weight is 633 g/mol. The van der Waals surface area contributed by atoms with E-state index in [9.17, 15) is 0 Å². The minimum Gasteiger partial charge on any atom is -0.246 e. The standard InChI is InChI=1S/C48H28N2/c1-49-33-26-23-31(24-27-33)44-37-19-9-11-21-39(37)45(40-22-12-10-20-38(40)44)42-29-43-46(36-18-8-7-17-35(36)42)41-28-25-30-13-5-6-16-34(30)48(41)50-47(43)32-14-3-2-4-15-32/h2-29H. The highest BCUT2D eigenvalue weighted by Crippen LogP contribution is 2.48. The molecule has 2 nitrogen and oxygen atoms in total. The van der Waals surface area contributed by atoms with Crippen LogP contribution in [0.15, 0.2) is 170 Å². The van der Waals surface area contributed by atoms with Crippen LogP contribution >= 0.6 is 0 Å². The lowest BCUT2D eigenvalue weighted by Gasteiger charge is -2.21. The maximum Gasteiger partial charge on any atom is 0.187 e. The monoisotopic (exact) mass is 632 g/mol. The van der Waals surface area contributed by atoms with Gasteiger partial charge in [-0.3, -0.25) is 0 Å². The molecule has 0 amide bonds. The van der Waals surface area contributed by atoms with E-state index < -0.39 is 0 Å². The zero-order valence-corrected chi connectivity index (χ0v) is 27.1. The Hall–Kier alpha value is -6.82. The van der Waals surface area contributed by atoms with Gasteiger partial charge in [0.05, 0.1) is 17.8 Å². The summed E-state index contributed by atoms with van der Waals surface area (Å²) < 4.78 is 0. The smallest absolute Gasteiger partial charge is 0.187 e. The minimum atomic E-state index is 0.643. The molecule has 2 heteroatoms. The lowest BCUT2D eigenvalue weighted by Crippen LogP contribution is -1.95. The van der Waals surface area contributed by atoms with Crippen molar-refractivity contribution in [2.24, 2.45) is 0 Å². The lowest BCUT2D eigenvalue weighted by atomic mass is 9.83. The van der Waals surface area contributed by atoms with Gasteiger partial charge in [-0.15, -0.1) is 0 Å². The molecular formula is C48H28N2. The van der Waals surface area contributed by atoms with Crippen molar-refractivity contribution >= 4 is 70.5 Å². The maximum atomic E-state index is 7.50. The van der Waals surface area contributed by atoms with Crippen molar-refractivity contribution in [3.8, 4) is 33.5 Å². The molecule has 0 aliphatic heterocycles. The van der Waals surface area contributed by atoms with Gasteiger partial charge in [0.1, 0.15) is 0 Å². The normalized spacial score (nSPS) is 11.6. The number of rotatable bonds is 3. The molecule has 50 heavy (non-hydrogen) atoms. The Labute approximate surface area is 289 Å². The second-order valence-corrected chi connectivity index (χ2v) is 12.9. The van der Waals surface area contributed by atoms with Gasteiger partial charge >= 0.3 is 0 Å². The number of fused-ring (bicyclic) bond motifs is 9. The van der Waals surface area contributed by atoms with Crippen LogP contribution in [0.1, 0.15) is 0 Å². The molecule has 0 radical (unpaired) electrons. The molecule has 0 saturated carbocycles. The van der Waals surface area contributed by atoms with Gasteiger partial charge in [-0.25, -0.2) is 9.83 Å². The predicted molar refractivity (Wildman–Crippen MR) is 212 cm³/mol. The quantitative estimate of drug-likeness (QED) is 0.108. The predicted octanol–water partition coefficient (Wildman–Crippen LogP) is 13.6. The zero-order chi connectivity index (χ0) is 33.2. The SMILES string of the molecule is [C-]#[N+]c1ccc(-c2c3ccccc3c(-c3cc4c(-c5ccccc5)nc5c6ccccc6ccc5c4c4ccccc34)c3ccccc23)cc1. The van der Waals surface area contributed by atoms with Crippen LogP contribution in [0.5, 0.6) is 0 Å². The Morgan fingerprint density at radius 3 is 1.62 bits per heavy atom. The van der Waals surface area contributed by atoms with E-state index in [2.05, 4.69) is 163 Å². The molecule has 230 valence electrons. The van der Waals surface area contributed by atoms with Crippen LogP contribution < -0.4 is 0 Å². The molecule has 1 heterocycles. The summed E-state index contributed by atoms with van der Waals surface area (Å²) in [7, 11) is 0. The zero-order valence-electron chi connectivity index (χ0n) is 27.1. The summed E-state index contributed by atoms with van der Waals surface area (Å²) in [6.45, 7) is 7.50. The van der Waals surface area contributed by atoms with Crippen molar-refractivity contribution in [3.05, 3.63) is 181 Å². The van der Waals surface area contributed by atoms with Crippen molar-refractivity contribution in [2.45, 2.75) is 0 Å². The molecule has 0 atom stereocenters. The first kappa shape index (κ1) is 28.2. The van der Waals surface area contributed by atoms with E-state index in [0.717, 1.165) is 38.5 Å². The summed E-state index contributed by atoms with van der Waals surface area (Å²) in [6.07, 6.45) is 0. The Morgan fingerprint density at radius 1 is 0.400 bits per heavy atom. The van der Waals surface area contributed by atoms with E-state index >= 15 is 0 Å². The van der Waals surface area contributed by atoms with Gasteiger partial charge in [0, 0.05) is 27.1 Å². The third-order valence-corrected chi connectivity index (χ3v) is 10.2. The molecule has 10 aromatic rings. The van der Waals surface area contributed by atoms with E-state index in [0.29, 0.717) is 5.69 Å². The van der Waals surface area contributed by atoms with Gasteiger partial charge in [0.2, 0.25) is 0 Å². The van der Waals surface area contributed by atoms with Crippen LogP contribution in [0.4, 0.5) is 5.69 Å². The van der Waals surface area contributed by atoms with E-state index in [1.165, 1.54) is 59.8 Å². The number of pyridine rings is 1. The summed E-state index contributed by atoms with van der Waals surface area (Å²) in [5, 5.41) is 13.1. The second-order valence-electron chi connectivity index (χ2n) is 12.9. The summed E-state index contributed by atoms with van der Waals surface area (Å²) in [5.74, 6) is 0. The maximum absolute atomic E-state index is 7.50. The summed E-state index contributed by atoms with van der Waals surface area (Å²) in [5.41, 5.74) is 8.45. The van der Waals surface area contributed by atoms with Crippen LogP contribution in [-0.2, 0) is 0 Å². The lowest BCUT2D eigenvalue weighted by molar-refractivity contribution is 1.44. The van der Waals surface area contributed by atoms with Crippen LogP contribution in [0.2, 0.25) is 0 Å². The van der Waals surface area contributed by atoms with Crippen molar-refractivity contribution in [2.75, 3.05) is 0 Å². The molecule has 0 bridgehead atoms. The van der Waals surface area contributed by atoms with Crippen molar-refractivity contribution in [1.29, 1.82) is 0 Å². The van der Waals surface area contributed by atoms with E-state index in [1.807, 2.05) is 12.1 Å². The Kier molecular flexibility index (Phi) is 6.28. The Bertz CT molecular complexity index is 2970. The van der Waals surface area contributed by atoms with Gasteiger partial charge in [-0.05, 0) is 66.0 Å². The first-order valence-electron chi connectivity index (χ1n) is 16.9. The van der Waals surface area contributed by atoms with Gasteiger partial charge in [-0.2, -0.15) is 0 Å². The first-order valence-corrected chi connectivity index (χ1v) is 16.9. The summed E-state index contributed by atoms with van der Waals surface area (Å²) in [4.78, 5) is 9.16. The largest absolute Gasteiger partial charge is 0.246 e. The molecule has 0 N–H and O–H groups in total. The number of aromatic nitrogens is 1. The Morgan fingerprint density at radius 2 is 0.960 bits per heavy atom. The topological polar surface area (TPSA) is 17.2 Å². The van der Waals surface area contributed by atoms with Gasteiger partial charge < -0.3 is 0 Å². The summed E-state index contributed by atoms with van der Waals surface area (Å²) in [6, 6.07) is 60.5. The minimum absolute atomic E-state index is 0.643. The fourth-order valence-corrected chi connectivity index (χ4v) is 8.06. The van der Waals surface area contributed by atoms with Crippen LogP contribution in [-0.4, -0.2) is 4.98 Å². The highest BCUT2D eigenvalue weighted by molar-refractivity contribution is 6.31. The highest BCUT2D eigenvalue weighted by atomic mass is 14.7. The van der Waals surface area contributed by atoms with E-state index in [-0.39, 0.29) is 0 Å². The molecular weight excluding hydrogens is 605 g/mol. The number of hydrogen-bond acceptors (Lipinski definition) is 1. The van der Waals surface area contributed by atoms with Crippen molar-refractivity contribution in [3.63, 3.8) is 0 Å². The number of nitrogens with zero attached hydrogens (tertiary/aromatic N) is 2. The molecule has 0 spiro atoms. The third-order valence-electron chi connectivity index (χ3n) is 10.2. The average Bonchev–Trinajstić information content (AvgIpc) is 3.19. The summed E-state index contributed by atoms with van der Waals surface area (Å²) >= 11 is 0. The molecule has 0 unspecified atom stereocenters. The molecule has 0 saturated heterocycles. The van der Waals surface area contributed by atoms with Gasteiger partial charge in [-0.1, -0.05) is 164 Å². The van der Waals surface area contributed by atoms with Crippen molar-refractivity contribution < 1.29 is 0 Å². The fourth-order valence-electron chi connectivity index (χ4n) is 8.06. The molecule has 0 fully saturated rings. The van der Waals surface area contributed by atoms with E-state index in [4.69, 9.17) is 11.6 Å². The molecule has 0 aliphatic rings. The molecule has 10 rings (SSSR count). The molecule has 1 aromatic heterocycles. The van der Waals surface area contributed by atoms with Gasteiger partial charge in [0.15, 0.2) is 5.69 Å². The molecule has 9 aromatic carbocycles. The van der Waals surface area contributed by atoms with Crippen LogP contribution in [0.3, 0.4) is 0 Å². The van der Waals surface area contributed by atoms with E-state index in [1.54, 1.807) is 0 Å². The first-order chi connectivity index (χ1) is 24.8.